The Kier molecular flexibility index (Phi) is 7.40. The summed E-state index contributed by atoms with van der Waals surface area (Å²) in [5.74, 6) is 0.340. The minimum Gasteiger partial charge on any atom is -0.310 e. The molecule has 3 nitrogen and oxygen atoms in total. The molecule has 10 aromatic rings. The Morgan fingerprint density at radius 1 is 0.525 bits per heavy atom. The molecule has 4 heterocycles. The molecule has 12 rings (SSSR count). The Hall–Kier alpha value is -7.23. The molecular weight excluding hydrogens is 715 g/mol. The van der Waals surface area contributed by atoms with Gasteiger partial charge in [0, 0.05) is 45.1 Å². The van der Waals surface area contributed by atoms with E-state index in [-0.39, 0.29) is 5.41 Å². The lowest BCUT2D eigenvalue weighted by Gasteiger charge is -2.33. The first kappa shape index (κ1) is 33.9. The smallest absolute Gasteiger partial charge is 0.0744 e. The van der Waals surface area contributed by atoms with Gasteiger partial charge in [-0.25, -0.2) is 0 Å². The number of aromatic nitrogens is 3. The topological polar surface area (TPSA) is 22.8 Å². The number of benzene rings is 7. The lowest BCUT2D eigenvalue weighted by molar-refractivity contribution is 0.606. The minimum absolute atomic E-state index is 0.259. The zero-order valence-corrected chi connectivity index (χ0v) is 33.1. The summed E-state index contributed by atoms with van der Waals surface area (Å²) in [4.78, 5) is 5.00. The van der Waals surface area contributed by atoms with Gasteiger partial charge in [0.25, 0.3) is 0 Å². The normalized spacial score (nSPS) is 15.1. The van der Waals surface area contributed by atoms with E-state index in [1.807, 2.05) is 6.20 Å². The van der Waals surface area contributed by atoms with Crippen molar-refractivity contribution >= 4 is 38.8 Å². The van der Waals surface area contributed by atoms with Crippen LogP contribution in [0, 0.1) is 0 Å². The lowest BCUT2D eigenvalue weighted by Crippen LogP contribution is -2.27. The van der Waals surface area contributed by atoms with Crippen LogP contribution in [0.25, 0.3) is 83.5 Å². The van der Waals surface area contributed by atoms with E-state index in [1.165, 1.54) is 94.2 Å². The van der Waals surface area contributed by atoms with Gasteiger partial charge in [0.2, 0.25) is 0 Å². The molecule has 0 fully saturated rings. The van der Waals surface area contributed by atoms with Crippen LogP contribution in [-0.4, -0.2) is 14.1 Å². The van der Waals surface area contributed by atoms with E-state index in [0.717, 1.165) is 17.8 Å². The van der Waals surface area contributed by atoms with Crippen LogP contribution in [0.1, 0.15) is 47.8 Å². The molecule has 0 saturated carbocycles. The van der Waals surface area contributed by atoms with E-state index in [2.05, 4.69) is 211 Å². The summed E-state index contributed by atoms with van der Waals surface area (Å²) in [7, 11) is 0. The molecule has 3 heteroatoms. The maximum atomic E-state index is 5.00. The molecular formula is C56H41N3. The molecule has 280 valence electrons. The summed E-state index contributed by atoms with van der Waals surface area (Å²) in [5, 5.41) is 3.85. The highest BCUT2D eigenvalue weighted by atomic mass is 15.0. The van der Waals surface area contributed by atoms with E-state index < -0.39 is 0 Å². The highest BCUT2D eigenvalue weighted by Crippen LogP contribution is 2.49. The highest BCUT2D eigenvalue weighted by molar-refractivity contribution is 6.14. The second kappa shape index (κ2) is 12.9. The number of allylic oxidation sites excluding steroid dienone is 1. The van der Waals surface area contributed by atoms with E-state index in [4.69, 9.17) is 4.98 Å². The molecule has 1 aliphatic carbocycles. The monoisotopic (exact) mass is 755 g/mol. The van der Waals surface area contributed by atoms with Crippen LogP contribution in [0.2, 0.25) is 0 Å². The Bertz CT molecular complexity index is 3290. The van der Waals surface area contributed by atoms with Crippen LogP contribution in [0.4, 0.5) is 0 Å². The Morgan fingerprint density at radius 2 is 1.12 bits per heavy atom. The quantitative estimate of drug-likeness (QED) is 0.172. The van der Waals surface area contributed by atoms with E-state index in [0.29, 0.717) is 5.92 Å². The molecule has 7 aromatic carbocycles. The van der Waals surface area contributed by atoms with Crippen molar-refractivity contribution in [1.82, 2.24) is 14.1 Å². The number of fused-ring (bicyclic) bond motifs is 8. The lowest BCUT2D eigenvalue weighted by atomic mass is 9.76. The predicted molar refractivity (Wildman–Crippen MR) is 246 cm³/mol. The molecule has 1 unspecified atom stereocenters. The van der Waals surface area contributed by atoms with Gasteiger partial charge in [0.05, 0.1) is 27.9 Å². The fourth-order valence-electron chi connectivity index (χ4n) is 10.1. The van der Waals surface area contributed by atoms with Crippen molar-refractivity contribution in [2.24, 2.45) is 0 Å². The van der Waals surface area contributed by atoms with E-state index in [9.17, 15) is 0 Å². The standard InChI is InChI=1S/C56H41N3/c1-56(2)49-35-43(38-17-10-5-11-18-38)34-48-47-33-42(24-29-52(47)59(54(48)49)53-19-12-30-57-55(53)56)39-20-25-44(26-21-39)58-50-27-22-40(36-13-6-3-7-14-36)31-45(50)46-32-41(23-28-51(46)58)37-15-8-4-9-16-37/h3-31,33-35,41H,32H2,1-2H3. The summed E-state index contributed by atoms with van der Waals surface area (Å²) in [6, 6.07) is 64.7. The number of hydrogen-bond donors (Lipinski definition) is 0. The zero-order chi connectivity index (χ0) is 39.2. The molecule has 1 atom stereocenters. The molecule has 0 radical (unpaired) electrons. The zero-order valence-electron chi connectivity index (χ0n) is 33.1. The molecule has 1 aliphatic heterocycles. The van der Waals surface area contributed by atoms with Crippen molar-refractivity contribution < 1.29 is 0 Å². The van der Waals surface area contributed by atoms with Crippen LogP contribution >= 0.6 is 0 Å². The van der Waals surface area contributed by atoms with Crippen molar-refractivity contribution in [3.05, 3.63) is 216 Å². The Labute approximate surface area is 344 Å². The molecule has 0 amide bonds. The van der Waals surface area contributed by atoms with Crippen molar-refractivity contribution in [3.8, 4) is 44.8 Å². The first-order chi connectivity index (χ1) is 29.0. The third kappa shape index (κ3) is 5.17. The molecule has 0 saturated heterocycles. The van der Waals surface area contributed by atoms with Crippen LogP contribution < -0.4 is 0 Å². The summed E-state index contributed by atoms with van der Waals surface area (Å²) in [6.07, 6.45) is 7.65. The number of pyridine rings is 1. The van der Waals surface area contributed by atoms with Crippen molar-refractivity contribution in [2.75, 3.05) is 0 Å². The van der Waals surface area contributed by atoms with Crippen molar-refractivity contribution in [1.29, 1.82) is 0 Å². The number of rotatable bonds is 5. The molecule has 0 bridgehead atoms. The van der Waals surface area contributed by atoms with Crippen LogP contribution in [0.5, 0.6) is 0 Å². The van der Waals surface area contributed by atoms with E-state index >= 15 is 0 Å². The molecule has 2 aliphatic rings. The Balaban J connectivity index is 0.999. The Morgan fingerprint density at radius 3 is 1.83 bits per heavy atom. The second-order valence-electron chi connectivity index (χ2n) is 16.8. The predicted octanol–water partition coefficient (Wildman–Crippen LogP) is 14.1. The number of nitrogens with zero attached hydrogens (tertiary/aromatic N) is 3. The average molecular weight is 756 g/mol. The average Bonchev–Trinajstić information content (AvgIpc) is 3.81. The maximum Gasteiger partial charge on any atom is 0.0744 e. The van der Waals surface area contributed by atoms with Gasteiger partial charge >= 0.3 is 0 Å². The first-order valence-corrected chi connectivity index (χ1v) is 20.7. The van der Waals surface area contributed by atoms with Gasteiger partial charge in [-0.05, 0) is 137 Å². The fraction of sp³-hybridized carbons (Fsp3) is 0.0893. The van der Waals surface area contributed by atoms with Gasteiger partial charge in [-0.3, -0.25) is 4.98 Å². The van der Waals surface area contributed by atoms with Crippen LogP contribution in [-0.2, 0) is 11.8 Å². The van der Waals surface area contributed by atoms with Crippen LogP contribution in [0.15, 0.2) is 188 Å². The third-order valence-corrected chi connectivity index (χ3v) is 13.1. The van der Waals surface area contributed by atoms with Gasteiger partial charge in [0.15, 0.2) is 0 Å². The molecule has 3 aromatic heterocycles. The maximum absolute atomic E-state index is 5.00. The SMILES string of the molecule is CC1(C)c2ncccc2-n2c3ccc(-c4ccc(-n5c6c(c7cc(-c8ccccc8)ccc75)CC(c5ccccc5)C=C6)cc4)cc3c3cc(-c4ccccc4)cc1c32. The third-order valence-electron chi connectivity index (χ3n) is 13.1. The van der Waals surface area contributed by atoms with E-state index in [1.54, 1.807) is 0 Å². The van der Waals surface area contributed by atoms with Gasteiger partial charge in [-0.15, -0.1) is 0 Å². The summed E-state index contributed by atoms with van der Waals surface area (Å²) in [5.41, 5.74) is 19.6. The minimum atomic E-state index is -0.259. The fourth-order valence-corrected chi connectivity index (χ4v) is 10.1. The first-order valence-electron chi connectivity index (χ1n) is 20.7. The highest BCUT2D eigenvalue weighted by Gasteiger charge is 2.37. The largest absolute Gasteiger partial charge is 0.310 e. The van der Waals surface area contributed by atoms with Crippen LogP contribution in [0.3, 0.4) is 0 Å². The van der Waals surface area contributed by atoms with Gasteiger partial charge < -0.3 is 9.13 Å². The molecule has 0 N–H and O–H groups in total. The van der Waals surface area contributed by atoms with Gasteiger partial charge in [0.1, 0.15) is 0 Å². The van der Waals surface area contributed by atoms with Gasteiger partial charge in [-0.1, -0.05) is 121 Å². The van der Waals surface area contributed by atoms with Gasteiger partial charge in [-0.2, -0.15) is 0 Å². The van der Waals surface area contributed by atoms with Crippen molar-refractivity contribution in [3.63, 3.8) is 0 Å². The summed E-state index contributed by atoms with van der Waals surface area (Å²) in [6.45, 7) is 4.64. The summed E-state index contributed by atoms with van der Waals surface area (Å²) < 4.78 is 4.92. The number of hydrogen-bond acceptors (Lipinski definition) is 1. The molecule has 59 heavy (non-hydrogen) atoms. The molecule has 0 spiro atoms. The summed E-state index contributed by atoms with van der Waals surface area (Å²) >= 11 is 0. The van der Waals surface area contributed by atoms with Crippen molar-refractivity contribution in [2.45, 2.75) is 31.6 Å². The second-order valence-corrected chi connectivity index (χ2v) is 16.8.